The van der Waals surface area contributed by atoms with Crippen molar-refractivity contribution in [2.45, 2.75) is 11.8 Å². The fourth-order valence-electron chi connectivity index (χ4n) is 1.30. The molecule has 1 aromatic rings. The largest absolute Gasteiger partial charge is 0.269 e. The number of hydrogen-bond acceptors (Lipinski definition) is 4. The molecule has 0 unspecified atom stereocenters. The molecule has 6 nitrogen and oxygen atoms in total. The minimum Gasteiger partial charge on any atom is -0.258 e. The monoisotopic (exact) mass is 290 g/mol. The van der Waals surface area contributed by atoms with Gasteiger partial charge in [0.2, 0.25) is 10.0 Å². The standard InChI is InChI=1S/C10H11ClN2O4S/c1-7-5-9(13(14)15)3-4-10(7)18(16,17)12-6-8(2)11/h3-5,12H,2,6H2,1H3. The first kappa shape index (κ1) is 14.6. The zero-order valence-corrected chi connectivity index (χ0v) is 11.1. The first-order valence-electron chi connectivity index (χ1n) is 4.82. The second kappa shape index (κ2) is 5.47. The Labute approximate surface area is 109 Å². The Kier molecular flexibility index (Phi) is 4.44. The number of nitro benzene ring substituents is 1. The summed E-state index contributed by atoms with van der Waals surface area (Å²) in [5, 5.41) is 10.7. The lowest BCUT2D eigenvalue weighted by molar-refractivity contribution is -0.385. The van der Waals surface area contributed by atoms with Gasteiger partial charge in [-0.15, -0.1) is 0 Å². The summed E-state index contributed by atoms with van der Waals surface area (Å²) in [7, 11) is -3.75. The Morgan fingerprint density at radius 2 is 2.17 bits per heavy atom. The smallest absolute Gasteiger partial charge is 0.258 e. The van der Waals surface area contributed by atoms with E-state index < -0.39 is 14.9 Å². The molecule has 1 rings (SSSR count). The number of nitrogens with zero attached hydrogens (tertiary/aromatic N) is 1. The Hall–Kier alpha value is -1.44. The molecule has 0 radical (unpaired) electrons. The summed E-state index contributed by atoms with van der Waals surface area (Å²) in [5.74, 6) is 0. The van der Waals surface area contributed by atoms with Crippen LogP contribution in [-0.2, 0) is 10.0 Å². The molecular weight excluding hydrogens is 280 g/mol. The molecule has 18 heavy (non-hydrogen) atoms. The third-order valence-corrected chi connectivity index (χ3v) is 3.81. The first-order chi connectivity index (χ1) is 8.24. The van der Waals surface area contributed by atoms with Crippen molar-refractivity contribution in [2.24, 2.45) is 0 Å². The fourth-order valence-corrected chi connectivity index (χ4v) is 2.70. The van der Waals surface area contributed by atoms with Crippen LogP contribution in [0.2, 0.25) is 0 Å². The maximum Gasteiger partial charge on any atom is 0.269 e. The summed E-state index contributed by atoms with van der Waals surface area (Å²) in [5.41, 5.74) is 0.130. The quantitative estimate of drug-likeness (QED) is 0.663. The van der Waals surface area contributed by atoms with E-state index in [0.717, 1.165) is 6.07 Å². The van der Waals surface area contributed by atoms with Crippen LogP contribution in [0, 0.1) is 17.0 Å². The van der Waals surface area contributed by atoms with Crippen molar-refractivity contribution in [1.29, 1.82) is 0 Å². The Morgan fingerprint density at radius 1 is 1.56 bits per heavy atom. The van der Waals surface area contributed by atoms with Gasteiger partial charge >= 0.3 is 0 Å². The lowest BCUT2D eigenvalue weighted by Gasteiger charge is -2.08. The molecule has 8 heteroatoms. The van der Waals surface area contributed by atoms with E-state index in [1.165, 1.54) is 19.1 Å². The maximum atomic E-state index is 11.9. The van der Waals surface area contributed by atoms with E-state index in [-0.39, 0.29) is 27.7 Å². The number of hydrogen-bond donors (Lipinski definition) is 1. The predicted molar refractivity (Wildman–Crippen MR) is 68.0 cm³/mol. The van der Waals surface area contributed by atoms with Crippen molar-refractivity contribution in [3.05, 3.63) is 45.5 Å². The topological polar surface area (TPSA) is 89.3 Å². The Balaban J connectivity index is 3.10. The van der Waals surface area contributed by atoms with E-state index in [1.807, 2.05) is 0 Å². The number of aryl methyl sites for hydroxylation is 1. The van der Waals surface area contributed by atoms with Gasteiger partial charge in [0.25, 0.3) is 5.69 Å². The van der Waals surface area contributed by atoms with Crippen LogP contribution in [0.1, 0.15) is 5.56 Å². The van der Waals surface area contributed by atoms with Crippen molar-refractivity contribution in [3.8, 4) is 0 Å². The van der Waals surface area contributed by atoms with E-state index in [4.69, 9.17) is 11.6 Å². The molecule has 0 saturated carbocycles. The molecule has 0 amide bonds. The number of sulfonamides is 1. The molecular formula is C10H11ClN2O4S. The molecule has 0 aliphatic carbocycles. The SMILES string of the molecule is C=C(Cl)CNS(=O)(=O)c1ccc([N+](=O)[O-])cc1C. The average molecular weight is 291 g/mol. The summed E-state index contributed by atoms with van der Waals surface area (Å²) in [6, 6.07) is 3.52. The molecule has 0 aromatic heterocycles. The maximum absolute atomic E-state index is 11.9. The van der Waals surface area contributed by atoms with E-state index in [0.29, 0.717) is 0 Å². The fraction of sp³-hybridized carbons (Fsp3) is 0.200. The number of nitro groups is 1. The lowest BCUT2D eigenvalue weighted by atomic mass is 10.2. The van der Waals surface area contributed by atoms with Gasteiger partial charge in [-0.25, -0.2) is 13.1 Å². The molecule has 0 bridgehead atoms. The van der Waals surface area contributed by atoms with Gasteiger partial charge in [0.05, 0.1) is 9.82 Å². The summed E-state index contributed by atoms with van der Waals surface area (Å²) < 4.78 is 26.0. The molecule has 0 heterocycles. The summed E-state index contributed by atoms with van der Waals surface area (Å²) >= 11 is 5.47. The second-order valence-electron chi connectivity index (χ2n) is 3.55. The van der Waals surface area contributed by atoms with Gasteiger partial charge < -0.3 is 0 Å². The van der Waals surface area contributed by atoms with Crippen molar-refractivity contribution < 1.29 is 13.3 Å². The molecule has 0 aliphatic rings. The molecule has 0 fully saturated rings. The van der Waals surface area contributed by atoms with E-state index in [9.17, 15) is 18.5 Å². The molecule has 1 aromatic carbocycles. The molecule has 1 N–H and O–H groups in total. The van der Waals surface area contributed by atoms with Crippen LogP contribution in [-0.4, -0.2) is 19.9 Å². The van der Waals surface area contributed by atoms with Crippen LogP contribution >= 0.6 is 11.6 Å². The Bertz CT molecular complexity index is 598. The zero-order valence-electron chi connectivity index (χ0n) is 9.51. The molecule has 0 saturated heterocycles. The van der Waals surface area contributed by atoms with Gasteiger partial charge in [0.15, 0.2) is 0 Å². The summed E-state index contributed by atoms with van der Waals surface area (Å²) in [4.78, 5) is 9.93. The minimum atomic E-state index is -3.75. The van der Waals surface area contributed by atoms with Gasteiger partial charge in [0, 0.05) is 23.7 Å². The van der Waals surface area contributed by atoms with Crippen molar-refractivity contribution in [3.63, 3.8) is 0 Å². The van der Waals surface area contributed by atoms with Crippen molar-refractivity contribution in [2.75, 3.05) is 6.54 Å². The number of nitrogens with one attached hydrogen (secondary N) is 1. The molecule has 0 atom stereocenters. The third-order valence-electron chi connectivity index (χ3n) is 2.11. The van der Waals surface area contributed by atoms with E-state index >= 15 is 0 Å². The first-order valence-corrected chi connectivity index (χ1v) is 6.68. The van der Waals surface area contributed by atoms with Crippen LogP contribution < -0.4 is 4.72 Å². The van der Waals surface area contributed by atoms with Crippen molar-refractivity contribution >= 4 is 27.3 Å². The van der Waals surface area contributed by atoms with Crippen LogP contribution in [0.5, 0.6) is 0 Å². The lowest BCUT2D eigenvalue weighted by Crippen LogP contribution is -2.25. The second-order valence-corrected chi connectivity index (χ2v) is 5.82. The van der Waals surface area contributed by atoms with Crippen LogP contribution in [0.4, 0.5) is 5.69 Å². The van der Waals surface area contributed by atoms with Gasteiger partial charge in [-0.05, 0) is 18.6 Å². The van der Waals surface area contributed by atoms with Gasteiger partial charge in [-0.1, -0.05) is 18.2 Å². The predicted octanol–water partition coefficient (Wildman–Crippen LogP) is 1.93. The van der Waals surface area contributed by atoms with Gasteiger partial charge in [-0.3, -0.25) is 10.1 Å². The highest BCUT2D eigenvalue weighted by molar-refractivity contribution is 7.89. The van der Waals surface area contributed by atoms with Crippen LogP contribution in [0.3, 0.4) is 0 Å². The highest BCUT2D eigenvalue weighted by Gasteiger charge is 2.18. The van der Waals surface area contributed by atoms with Gasteiger partial charge in [0.1, 0.15) is 0 Å². The van der Waals surface area contributed by atoms with Crippen molar-refractivity contribution in [1.82, 2.24) is 4.72 Å². The van der Waals surface area contributed by atoms with Crippen LogP contribution in [0.15, 0.2) is 34.7 Å². The summed E-state index contributed by atoms with van der Waals surface area (Å²) in [6.45, 7) is 4.75. The summed E-state index contributed by atoms with van der Waals surface area (Å²) in [6.07, 6.45) is 0. The third kappa shape index (κ3) is 3.52. The number of rotatable bonds is 5. The molecule has 0 aliphatic heterocycles. The highest BCUT2D eigenvalue weighted by atomic mass is 35.5. The number of benzene rings is 1. The number of non-ortho nitro benzene ring substituents is 1. The highest BCUT2D eigenvalue weighted by Crippen LogP contribution is 2.20. The van der Waals surface area contributed by atoms with Crippen LogP contribution in [0.25, 0.3) is 0 Å². The van der Waals surface area contributed by atoms with E-state index in [2.05, 4.69) is 11.3 Å². The Morgan fingerprint density at radius 3 is 2.61 bits per heavy atom. The van der Waals surface area contributed by atoms with E-state index in [1.54, 1.807) is 0 Å². The normalized spacial score (nSPS) is 11.2. The minimum absolute atomic E-state index is 0.0222. The zero-order chi connectivity index (χ0) is 13.9. The molecule has 0 spiro atoms. The molecule has 98 valence electrons. The van der Waals surface area contributed by atoms with Gasteiger partial charge in [-0.2, -0.15) is 0 Å². The average Bonchev–Trinajstić information content (AvgIpc) is 2.26. The number of halogens is 1.